The summed E-state index contributed by atoms with van der Waals surface area (Å²) in [6.45, 7) is 15.2. The summed E-state index contributed by atoms with van der Waals surface area (Å²) in [4.78, 5) is 27.6. The van der Waals surface area contributed by atoms with Crippen LogP contribution in [0.25, 0.3) is 0 Å². The van der Waals surface area contributed by atoms with Crippen LogP contribution in [0.2, 0.25) is 20.1 Å². The quantitative estimate of drug-likeness (QED) is 0.0985. The lowest BCUT2D eigenvalue weighted by molar-refractivity contribution is 0.0607. The summed E-state index contributed by atoms with van der Waals surface area (Å²) in [5.41, 5.74) is 19.3. The number of hydrogen-bond acceptors (Lipinski definition) is 10. The van der Waals surface area contributed by atoms with Crippen molar-refractivity contribution in [1.29, 1.82) is 0 Å². The van der Waals surface area contributed by atoms with Crippen LogP contribution in [0.5, 0.6) is 0 Å². The molecule has 0 amide bonds. The Morgan fingerprint density at radius 1 is 0.631 bits per heavy atom. The molecular weight excluding hydrogens is 912 g/mol. The predicted octanol–water partition coefficient (Wildman–Crippen LogP) is 8.67. The highest BCUT2D eigenvalue weighted by atomic mass is 35.5. The molecule has 2 aromatic carbocycles. The molecule has 0 radical (unpaired) electrons. The zero-order valence-corrected chi connectivity index (χ0v) is 40.4. The zero-order valence-electron chi connectivity index (χ0n) is 37.3. The van der Waals surface area contributed by atoms with Crippen molar-refractivity contribution in [2.24, 2.45) is 16.5 Å². The third kappa shape index (κ3) is 12.8. The second-order valence-corrected chi connectivity index (χ2v) is 19.3. The highest BCUT2D eigenvalue weighted by Crippen LogP contribution is 2.33. The molecule has 4 aliphatic heterocycles. The lowest BCUT2D eigenvalue weighted by atomic mass is 9.97. The van der Waals surface area contributed by atoms with Crippen molar-refractivity contribution in [3.05, 3.63) is 104 Å². The Balaban J connectivity index is 0.000000195. The summed E-state index contributed by atoms with van der Waals surface area (Å²) in [6.07, 6.45) is 9.83. The number of guanidine groups is 1. The minimum Gasteiger partial charge on any atom is -0.397 e. The van der Waals surface area contributed by atoms with Crippen LogP contribution in [-0.4, -0.2) is 125 Å². The number of anilines is 3. The predicted molar refractivity (Wildman–Crippen MR) is 264 cm³/mol. The van der Waals surface area contributed by atoms with E-state index in [-0.39, 0.29) is 17.6 Å². The molecule has 4 saturated heterocycles. The fraction of sp³-hybridized carbons (Fsp3) is 0.511. The van der Waals surface area contributed by atoms with Gasteiger partial charge in [-0.2, -0.15) is 0 Å². The zero-order chi connectivity index (χ0) is 46.2. The second-order valence-electron chi connectivity index (χ2n) is 17.6. The van der Waals surface area contributed by atoms with Gasteiger partial charge in [0.1, 0.15) is 23.3 Å². The van der Waals surface area contributed by atoms with E-state index >= 15 is 0 Å². The number of pyridine rings is 2. The molecule has 2 atom stereocenters. The molecule has 65 heavy (non-hydrogen) atoms. The SMILES string of the molecule is CC[C@H]1CN(c2ncc(N)cc2Cl)CCN1C1CCN(Cc2ccc(Cl)cc2F)CC1.CC[C@H]1CN(c2ncc(N=C(N)N)cc2Cl)CCN1C1CCN(Cc2ccc(Cl)cc2F)CC1. The summed E-state index contributed by atoms with van der Waals surface area (Å²) < 4.78 is 28.3. The lowest BCUT2D eigenvalue weighted by Crippen LogP contribution is -2.58. The Kier molecular flexibility index (Phi) is 17.3. The molecule has 352 valence electrons. The number of halogens is 6. The Labute approximate surface area is 402 Å². The Morgan fingerprint density at radius 2 is 1.08 bits per heavy atom. The monoisotopic (exact) mass is 972 g/mol. The summed E-state index contributed by atoms with van der Waals surface area (Å²) >= 11 is 24.7. The smallest absolute Gasteiger partial charge is 0.191 e. The van der Waals surface area contributed by atoms with Crippen LogP contribution in [0, 0.1) is 11.6 Å². The number of aromatic nitrogens is 2. The second kappa shape index (κ2) is 22.8. The maximum atomic E-state index is 14.2. The van der Waals surface area contributed by atoms with E-state index in [0.29, 0.717) is 74.3 Å². The number of likely N-dealkylation sites (tertiary alicyclic amines) is 2. The van der Waals surface area contributed by atoms with Crippen LogP contribution in [0.4, 0.5) is 31.8 Å². The average Bonchev–Trinajstić information content (AvgIpc) is 3.28. The minimum atomic E-state index is -0.226. The molecule has 4 aromatic rings. The van der Waals surface area contributed by atoms with Gasteiger partial charge < -0.3 is 27.0 Å². The Morgan fingerprint density at radius 3 is 1.48 bits per heavy atom. The van der Waals surface area contributed by atoms with Gasteiger partial charge in [0, 0.05) is 97.7 Å². The summed E-state index contributed by atoms with van der Waals surface area (Å²) in [5.74, 6) is 1.14. The van der Waals surface area contributed by atoms with Crippen LogP contribution in [-0.2, 0) is 13.1 Å². The van der Waals surface area contributed by atoms with E-state index in [9.17, 15) is 8.78 Å². The fourth-order valence-electron chi connectivity index (χ4n) is 9.95. The highest BCUT2D eigenvalue weighted by molar-refractivity contribution is 6.33. The third-order valence-corrected chi connectivity index (χ3v) is 14.4. The van der Waals surface area contributed by atoms with Gasteiger partial charge in [0.25, 0.3) is 0 Å². The first-order valence-corrected chi connectivity index (χ1v) is 24.3. The number of piperidine rings is 2. The number of benzene rings is 2. The van der Waals surface area contributed by atoms with Gasteiger partial charge in [-0.15, -0.1) is 0 Å². The fourth-order valence-corrected chi connectivity index (χ4v) is 10.8. The molecule has 0 aliphatic carbocycles. The molecule has 0 bridgehead atoms. The molecule has 4 aliphatic rings. The summed E-state index contributed by atoms with van der Waals surface area (Å²) in [6, 6.07) is 15.4. The van der Waals surface area contributed by atoms with Gasteiger partial charge in [0.15, 0.2) is 5.96 Å². The molecule has 4 fully saturated rings. The number of rotatable bonds is 11. The molecule has 0 spiro atoms. The van der Waals surface area contributed by atoms with Crippen LogP contribution in [0.3, 0.4) is 0 Å². The normalized spacial score (nSPS) is 21.0. The van der Waals surface area contributed by atoms with E-state index in [1.54, 1.807) is 48.8 Å². The van der Waals surface area contributed by atoms with Gasteiger partial charge in [-0.3, -0.25) is 19.6 Å². The van der Waals surface area contributed by atoms with Crippen molar-refractivity contribution < 1.29 is 8.78 Å². The molecular formula is C47H62Cl4F2N12. The number of hydrogen-bond donors (Lipinski definition) is 3. The van der Waals surface area contributed by atoms with Gasteiger partial charge >= 0.3 is 0 Å². The van der Waals surface area contributed by atoms with E-state index in [4.69, 9.17) is 63.6 Å². The van der Waals surface area contributed by atoms with Crippen LogP contribution < -0.4 is 27.0 Å². The summed E-state index contributed by atoms with van der Waals surface area (Å²) in [7, 11) is 0. The van der Waals surface area contributed by atoms with Gasteiger partial charge in [0.2, 0.25) is 0 Å². The number of nitrogens with zero attached hydrogens (tertiary/aromatic N) is 9. The summed E-state index contributed by atoms with van der Waals surface area (Å²) in [5, 5.41) is 2.05. The molecule has 8 rings (SSSR count). The molecule has 12 nitrogen and oxygen atoms in total. The molecule has 0 saturated carbocycles. The van der Waals surface area contributed by atoms with Crippen LogP contribution >= 0.6 is 46.4 Å². The van der Waals surface area contributed by atoms with Gasteiger partial charge in [-0.1, -0.05) is 72.4 Å². The number of aliphatic imine (C=N–C) groups is 1. The van der Waals surface area contributed by atoms with Crippen molar-refractivity contribution in [3.8, 4) is 0 Å². The standard InChI is InChI=1S/C24H32Cl2FN7.C23H30Cl2FN5/c1-2-19-15-33(23-21(26)12-18(13-30-23)31-24(28)29)9-10-34(19)20-5-7-32(8-6-20)14-16-3-4-17(25)11-22(16)27;1-2-19-15-30(23-21(25)12-18(27)13-28-23)9-10-31(19)20-5-7-29(8-6-20)14-16-3-4-17(24)11-22(16)26/h3-4,11-13,19-20H,2,5-10,14-15H2,1H3,(H4,28,29,31);3-4,11-13,19-20H,2,5-10,14-15,27H2,1H3/t2*19-/m00/s1. The molecule has 0 unspecified atom stereocenters. The molecule has 6 N–H and O–H groups in total. The Bertz CT molecular complexity index is 2240. The van der Waals surface area contributed by atoms with E-state index in [1.165, 1.54) is 12.1 Å². The van der Waals surface area contributed by atoms with Crippen molar-refractivity contribution in [1.82, 2.24) is 29.6 Å². The first-order chi connectivity index (χ1) is 31.3. The van der Waals surface area contributed by atoms with E-state index < -0.39 is 0 Å². The maximum absolute atomic E-state index is 14.2. The highest BCUT2D eigenvalue weighted by Gasteiger charge is 2.36. The lowest BCUT2D eigenvalue weighted by Gasteiger charge is -2.47. The molecule has 2 aromatic heterocycles. The number of nitrogen functional groups attached to an aromatic ring is 1. The van der Waals surface area contributed by atoms with Crippen molar-refractivity contribution in [3.63, 3.8) is 0 Å². The van der Waals surface area contributed by atoms with Gasteiger partial charge in [-0.25, -0.2) is 23.7 Å². The number of piperazine rings is 2. The van der Waals surface area contributed by atoms with Gasteiger partial charge in [-0.05, 0) is 101 Å². The van der Waals surface area contributed by atoms with Crippen LogP contribution in [0.15, 0.2) is 65.9 Å². The first-order valence-electron chi connectivity index (χ1n) is 22.8. The minimum absolute atomic E-state index is 0.0189. The average molecular weight is 975 g/mol. The third-order valence-electron chi connectivity index (χ3n) is 13.4. The van der Waals surface area contributed by atoms with Crippen molar-refractivity contribution in [2.75, 3.05) is 81.0 Å². The molecule has 18 heteroatoms. The number of nitrogens with two attached hydrogens (primary N) is 3. The van der Waals surface area contributed by atoms with Gasteiger partial charge in [0.05, 0.1) is 33.8 Å². The van der Waals surface area contributed by atoms with Crippen molar-refractivity contribution >= 4 is 75.4 Å². The van der Waals surface area contributed by atoms with E-state index in [2.05, 4.69) is 58.2 Å². The largest absolute Gasteiger partial charge is 0.397 e. The van der Waals surface area contributed by atoms with E-state index in [0.717, 1.165) is 121 Å². The Hall–Kier alpha value is -3.73. The maximum Gasteiger partial charge on any atom is 0.191 e. The molecule has 6 heterocycles. The van der Waals surface area contributed by atoms with Crippen LogP contribution in [0.1, 0.15) is 63.5 Å². The first kappa shape index (κ1) is 49.2. The van der Waals surface area contributed by atoms with Crippen molar-refractivity contribution in [2.45, 2.75) is 89.6 Å². The van der Waals surface area contributed by atoms with E-state index in [1.807, 2.05) is 0 Å². The topological polar surface area (TPSA) is 136 Å².